The van der Waals surface area contributed by atoms with Gasteiger partial charge in [-0.1, -0.05) is 17.7 Å². The molecule has 0 aliphatic carbocycles. The van der Waals surface area contributed by atoms with E-state index in [2.05, 4.69) is 4.98 Å². The normalized spacial score (nSPS) is 11.1. The van der Waals surface area contributed by atoms with E-state index in [1.165, 1.54) is 31.4 Å². The highest BCUT2D eigenvalue weighted by Gasteiger charge is 2.30. The first-order valence-corrected chi connectivity index (χ1v) is 13.1. The topological polar surface area (TPSA) is 73.7 Å². The second kappa shape index (κ2) is 12.9. The molecule has 0 radical (unpaired) electrons. The van der Waals surface area contributed by atoms with Gasteiger partial charge in [-0.25, -0.2) is 22.2 Å². The summed E-state index contributed by atoms with van der Waals surface area (Å²) >= 11 is 5.93. The maximum absolute atomic E-state index is 14.9. The van der Waals surface area contributed by atoms with Gasteiger partial charge in [0.05, 0.1) is 42.7 Å². The Morgan fingerprint density at radius 2 is 1.79 bits per heavy atom. The van der Waals surface area contributed by atoms with Gasteiger partial charge in [0.1, 0.15) is 23.1 Å². The Labute approximate surface area is 231 Å². The highest BCUT2D eigenvalue weighted by Crippen LogP contribution is 2.35. The third-order valence-corrected chi connectivity index (χ3v) is 7.59. The molecule has 0 aliphatic heterocycles. The average molecular weight is 584 g/mol. The van der Waals surface area contributed by atoms with Crippen LogP contribution in [0.2, 0.25) is 5.02 Å². The van der Waals surface area contributed by atoms with Gasteiger partial charge in [0.25, 0.3) is 10.0 Å². The van der Waals surface area contributed by atoms with Gasteiger partial charge >= 0.3 is 0 Å². The number of anilines is 1. The van der Waals surface area contributed by atoms with Crippen LogP contribution in [0.25, 0.3) is 0 Å². The summed E-state index contributed by atoms with van der Waals surface area (Å²) in [6.07, 6.45) is 5.87. The van der Waals surface area contributed by atoms with E-state index in [0.717, 1.165) is 22.5 Å². The smallest absolute Gasteiger partial charge is 0.264 e. The van der Waals surface area contributed by atoms with E-state index >= 15 is 0 Å². The van der Waals surface area contributed by atoms with Crippen molar-refractivity contribution in [3.63, 3.8) is 0 Å². The average Bonchev–Trinajstić information content (AvgIpc) is 3.41. The summed E-state index contributed by atoms with van der Waals surface area (Å²) in [7, 11) is -2.93. The molecule has 3 aromatic carbocycles. The summed E-state index contributed by atoms with van der Waals surface area (Å²) in [5.41, 5.74) is -0.0965. The maximum atomic E-state index is 14.9. The van der Waals surface area contributed by atoms with Gasteiger partial charge in [0.2, 0.25) is 0 Å². The standard InChI is InChI=1S/C26H24ClF2N3O4S.ClH/c1-35-25-4-2-5-26(36-15-3-13-31-14-12-30-18-31)22(25)17-32(24-16-20(28)8-11-23(24)29)37(33,34)21-9-6-19(27)7-10-21;/h2,4-12,14,16,18H,3,13,15,17H2,1H3;1H. The second-order valence-corrected chi connectivity index (χ2v) is 10.3. The fraction of sp³-hybridized carbons (Fsp3) is 0.192. The highest BCUT2D eigenvalue weighted by molar-refractivity contribution is 7.92. The minimum absolute atomic E-state index is 0. The molecule has 0 spiro atoms. The Morgan fingerprint density at radius 3 is 2.47 bits per heavy atom. The number of methoxy groups -OCH3 is 1. The van der Waals surface area contributed by atoms with Crippen molar-refractivity contribution in [3.05, 3.63) is 102 Å². The van der Waals surface area contributed by atoms with Crippen LogP contribution in [0.1, 0.15) is 12.0 Å². The largest absolute Gasteiger partial charge is 0.496 e. The predicted octanol–water partition coefficient (Wildman–Crippen LogP) is 6.11. The quantitative estimate of drug-likeness (QED) is 0.199. The van der Waals surface area contributed by atoms with Crippen molar-refractivity contribution in [3.8, 4) is 11.5 Å². The summed E-state index contributed by atoms with van der Waals surface area (Å²) in [5, 5.41) is 0.332. The lowest BCUT2D eigenvalue weighted by molar-refractivity contribution is 0.296. The molecule has 0 atom stereocenters. The summed E-state index contributed by atoms with van der Waals surface area (Å²) in [5.74, 6) is -1.00. The first-order chi connectivity index (χ1) is 17.8. The molecule has 4 rings (SSSR count). The molecule has 0 N–H and O–H groups in total. The SMILES string of the molecule is COc1cccc(OCCCn2ccnc2)c1CN(c1cc(F)ccc1F)S(=O)(=O)c1ccc(Cl)cc1.Cl. The van der Waals surface area contributed by atoms with Crippen molar-refractivity contribution >= 4 is 39.7 Å². The van der Waals surface area contributed by atoms with Gasteiger partial charge in [-0.3, -0.25) is 4.31 Å². The van der Waals surface area contributed by atoms with Gasteiger partial charge in [0, 0.05) is 30.0 Å². The van der Waals surface area contributed by atoms with Crippen molar-refractivity contribution in [1.82, 2.24) is 9.55 Å². The van der Waals surface area contributed by atoms with Gasteiger partial charge < -0.3 is 14.0 Å². The Morgan fingerprint density at radius 1 is 1.05 bits per heavy atom. The van der Waals surface area contributed by atoms with Crippen molar-refractivity contribution in [1.29, 1.82) is 0 Å². The molecule has 0 bridgehead atoms. The molecule has 0 saturated heterocycles. The van der Waals surface area contributed by atoms with Crippen molar-refractivity contribution < 1.29 is 26.7 Å². The van der Waals surface area contributed by atoms with Gasteiger partial charge in [-0.2, -0.15) is 0 Å². The summed E-state index contributed by atoms with van der Waals surface area (Å²) < 4.78 is 70.7. The minimum Gasteiger partial charge on any atom is -0.496 e. The number of aromatic nitrogens is 2. The molecule has 0 saturated carbocycles. The third kappa shape index (κ3) is 6.75. The molecular formula is C26H25Cl2F2N3O4S. The number of nitrogens with zero attached hydrogens (tertiary/aromatic N) is 3. The van der Waals surface area contributed by atoms with Crippen LogP contribution in [0, 0.1) is 11.6 Å². The predicted molar refractivity (Wildman–Crippen MR) is 144 cm³/mol. The lowest BCUT2D eigenvalue weighted by Crippen LogP contribution is -2.32. The Bertz CT molecular complexity index is 1450. The van der Waals surface area contributed by atoms with Crippen LogP contribution < -0.4 is 13.8 Å². The number of ether oxygens (including phenoxy) is 2. The number of sulfonamides is 1. The fourth-order valence-corrected chi connectivity index (χ4v) is 5.29. The van der Waals surface area contributed by atoms with Gasteiger partial charge in [-0.05, 0) is 55.0 Å². The molecule has 0 aliphatic rings. The first kappa shape index (κ1) is 29.2. The van der Waals surface area contributed by atoms with Crippen LogP contribution in [-0.2, 0) is 23.1 Å². The van der Waals surface area contributed by atoms with E-state index in [0.29, 0.717) is 41.7 Å². The Balaban J connectivity index is 0.00000400. The minimum atomic E-state index is -4.36. The number of hydrogen-bond acceptors (Lipinski definition) is 5. The Kier molecular flexibility index (Phi) is 9.96. The number of aryl methyl sites for hydroxylation is 1. The van der Waals surface area contributed by atoms with E-state index in [9.17, 15) is 17.2 Å². The second-order valence-electron chi connectivity index (χ2n) is 8.00. The summed E-state index contributed by atoms with van der Waals surface area (Å²) in [6.45, 7) is 0.605. The Hall–Kier alpha value is -3.34. The van der Waals surface area contributed by atoms with Crippen LogP contribution in [0.3, 0.4) is 0 Å². The van der Waals surface area contributed by atoms with Crippen LogP contribution >= 0.6 is 24.0 Å². The lowest BCUT2D eigenvalue weighted by atomic mass is 10.1. The number of imidazole rings is 1. The molecular weight excluding hydrogens is 559 g/mol. The monoisotopic (exact) mass is 583 g/mol. The summed E-state index contributed by atoms with van der Waals surface area (Å²) in [4.78, 5) is 3.86. The molecule has 1 heterocycles. The molecule has 38 heavy (non-hydrogen) atoms. The highest BCUT2D eigenvalue weighted by atomic mass is 35.5. The van der Waals surface area contributed by atoms with Crippen LogP contribution in [-0.4, -0.2) is 31.7 Å². The van der Waals surface area contributed by atoms with E-state index in [-0.39, 0.29) is 23.8 Å². The molecule has 4 aromatic rings. The van der Waals surface area contributed by atoms with Gasteiger partial charge in [0.15, 0.2) is 0 Å². The zero-order valence-electron chi connectivity index (χ0n) is 20.3. The van der Waals surface area contributed by atoms with Crippen molar-refractivity contribution in [2.75, 3.05) is 18.0 Å². The fourth-order valence-electron chi connectivity index (χ4n) is 3.73. The summed E-state index contributed by atoms with van der Waals surface area (Å²) in [6, 6.07) is 13.1. The van der Waals surface area contributed by atoms with E-state index in [4.69, 9.17) is 21.1 Å². The molecule has 7 nitrogen and oxygen atoms in total. The van der Waals surface area contributed by atoms with Crippen molar-refractivity contribution in [2.45, 2.75) is 24.4 Å². The van der Waals surface area contributed by atoms with Crippen LogP contribution in [0.5, 0.6) is 11.5 Å². The maximum Gasteiger partial charge on any atom is 0.264 e. The molecule has 202 valence electrons. The van der Waals surface area contributed by atoms with Crippen LogP contribution in [0.4, 0.5) is 14.5 Å². The molecule has 12 heteroatoms. The number of benzene rings is 3. The molecule has 1 aromatic heterocycles. The first-order valence-electron chi connectivity index (χ1n) is 11.3. The molecule has 0 unspecified atom stereocenters. The van der Waals surface area contributed by atoms with Crippen LogP contribution in [0.15, 0.2) is 84.3 Å². The lowest BCUT2D eigenvalue weighted by Gasteiger charge is -2.27. The number of hydrogen-bond donors (Lipinski definition) is 0. The number of halogens is 4. The molecule has 0 amide bonds. The third-order valence-electron chi connectivity index (χ3n) is 5.57. The molecule has 0 fully saturated rings. The van der Waals surface area contributed by atoms with Gasteiger partial charge in [-0.15, -0.1) is 12.4 Å². The van der Waals surface area contributed by atoms with Crippen molar-refractivity contribution in [2.24, 2.45) is 0 Å². The zero-order valence-corrected chi connectivity index (χ0v) is 22.6. The van der Waals surface area contributed by atoms with E-state index < -0.39 is 27.3 Å². The zero-order chi connectivity index (χ0) is 26.4. The number of rotatable bonds is 11. The van der Waals surface area contributed by atoms with E-state index in [1.807, 2.05) is 10.8 Å². The van der Waals surface area contributed by atoms with E-state index in [1.54, 1.807) is 30.7 Å².